The summed E-state index contributed by atoms with van der Waals surface area (Å²) in [5.41, 5.74) is -0.411. The van der Waals surface area contributed by atoms with Crippen molar-refractivity contribution in [3.05, 3.63) is 70.8 Å². The molecule has 1 saturated heterocycles. The van der Waals surface area contributed by atoms with E-state index in [0.29, 0.717) is 11.1 Å². The van der Waals surface area contributed by atoms with Crippen molar-refractivity contribution in [2.45, 2.75) is 19.0 Å². The van der Waals surface area contributed by atoms with Gasteiger partial charge in [-0.3, -0.25) is 9.69 Å². The number of nitrogens with one attached hydrogen (secondary N) is 1. The molecule has 1 atom stereocenters. The molecule has 1 unspecified atom stereocenters. The first kappa shape index (κ1) is 18.5. The van der Waals surface area contributed by atoms with Gasteiger partial charge in [-0.1, -0.05) is 18.2 Å². The topological polar surface area (TPSA) is 75.7 Å². The van der Waals surface area contributed by atoms with E-state index in [1.807, 2.05) is 0 Å². The zero-order chi connectivity index (χ0) is 19.8. The fourth-order valence-electron chi connectivity index (χ4n) is 2.89. The van der Waals surface area contributed by atoms with Crippen LogP contribution >= 0.6 is 0 Å². The van der Waals surface area contributed by atoms with E-state index < -0.39 is 35.1 Å². The molecule has 0 spiro atoms. The number of imide groups is 1. The largest absolute Gasteiger partial charge is 0.465 e. The minimum atomic E-state index is -1.50. The number of carbonyl (C=O) groups is 3. The van der Waals surface area contributed by atoms with Crippen LogP contribution in [0.2, 0.25) is 0 Å². The fourth-order valence-corrected chi connectivity index (χ4v) is 2.89. The summed E-state index contributed by atoms with van der Waals surface area (Å²) >= 11 is 0. The molecule has 0 aromatic heterocycles. The van der Waals surface area contributed by atoms with E-state index in [1.54, 1.807) is 12.1 Å². The molecule has 1 N–H and O–H groups in total. The van der Waals surface area contributed by atoms with E-state index in [-0.39, 0.29) is 12.1 Å². The Kier molecular flexibility index (Phi) is 4.65. The van der Waals surface area contributed by atoms with E-state index in [0.717, 1.165) is 17.0 Å². The van der Waals surface area contributed by atoms with Gasteiger partial charge in [0.25, 0.3) is 5.91 Å². The Morgan fingerprint density at radius 1 is 1.11 bits per heavy atom. The second kappa shape index (κ2) is 6.79. The maximum Gasteiger partial charge on any atom is 0.337 e. The van der Waals surface area contributed by atoms with Crippen LogP contribution in [0.25, 0.3) is 0 Å². The molecule has 0 radical (unpaired) electrons. The molecule has 6 nitrogen and oxygen atoms in total. The Hall–Kier alpha value is -3.29. The molecule has 2 aromatic carbocycles. The Morgan fingerprint density at radius 3 is 2.37 bits per heavy atom. The summed E-state index contributed by atoms with van der Waals surface area (Å²) in [6.07, 6.45) is 0. The third kappa shape index (κ3) is 3.25. The molecule has 1 heterocycles. The number of urea groups is 1. The molecular weight excluding hydrogens is 358 g/mol. The summed E-state index contributed by atoms with van der Waals surface area (Å²) in [7, 11) is 1.27. The smallest absolute Gasteiger partial charge is 0.337 e. The molecular formula is C19H16F2N2O4. The monoisotopic (exact) mass is 374 g/mol. The van der Waals surface area contributed by atoms with Gasteiger partial charge in [-0.15, -0.1) is 0 Å². The van der Waals surface area contributed by atoms with Gasteiger partial charge in [0, 0.05) is 0 Å². The van der Waals surface area contributed by atoms with Crippen molar-refractivity contribution in [2.75, 3.05) is 7.11 Å². The van der Waals surface area contributed by atoms with E-state index >= 15 is 0 Å². The van der Waals surface area contributed by atoms with Crippen LogP contribution in [-0.2, 0) is 21.6 Å². The third-order valence-corrected chi connectivity index (χ3v) is 4.49. The van der Waals surface area contributed by atoms with Crippen molar-refractivity contribution >= 4 is 17.9 Å². The summed E-state index contributed by atoms with van der Waals surface area (Å²) in [5, 5.41) is 2.53. The van der Waals surface area contributed by atoms with E-state index in [4.69, 9.17) is 0 Å². The Bertz CT molecular complexity index is 930. The lowest BCUT2D eigenvalue weighted by Crippen LogP contribution is -2.41. The average molecular weight is 374 g/mol. The minimum Gasteiger partial charge on any atom is -0.465 e. The number of amides is 3. The van der Waals surface area contributed by atoms with Crippen molar-refractivity contribution in [3.8, 4) is 0 Å². The molecule has 0 aliphatic carbocycles. The molecule has 1 aliphatic rings. The first-order chi connectivity index (χ1) is 12.8. The highest BCUT2D eigenvalue weighted by Crippen LogP contribution is 2.30. The van der Waals surface area contributed by atoms with Crippen LogP contribution in [0.4, 0.5) is 13.6 Å². The van der Waals surface area contributed by atoms with Crippen LogP contribution in [0, 0.1) is 11.6 Å². The fraction of sp³-hybridized carbons (Fsp3) is 0.211. The summed E-state index contributed by atoms with van der Waals surface area (Å²) in [5.74, 6) is -3.23. The lowest BCUT2D eigenvalue weighted by molar-refractivity contribution is -0.131. The van der Waals surface area contributed by atoms with E-state index in [9.17, 15) is 23.2 Å². The normalized spacial score (nSPS) is 19.2. The van der Waals surface area contributed by atoms with Gasteiger partial charge in [-0.05, 0) is 42.3 Å². The van der Waals surface area contributed by atoms with Crippen molar-refractivity contribution < 1.29 is 27.9 Å². The predicted molar refractivity (Wildman–Crippen MR) is 90.6 cm³/mol. The van der Waals surface area contributed by atoms with Crippen LogP contribution in [0.5, 0.6) is 0 Å². The summed E-state index contributed by atoms with van der Waals surface area (Å²) in [4.78, 5) is 37.6. The number of ether oxygens (including phenoxy) is 1. The maximum absolute atomic E-state index is 13.6. The standard InChI is InChI=1S/C19H16F2N2O4/c1-19(13-7-8-14(20)15(21)9-13)17(25)23(18(26)22-19)10-11-3-5-12(6-4-11)16(24)27-2/h3-9H,10H2,1-2H3,(H,22,26). The number of carbonyl (C=O) groups excluding carboxylic acids is 3. The van der Waals surface area contributed by atoms with Crippen molar-refractivity contribution in [2.24, 2.45) is 0 Å². The zero-order valence-electron chi connectivity index (χ0n) is 14.6. The number of esters is 1. The number of nitrogens with zero attached hydrogens (tertiary/aromatic N) is 1. The van der Waals surface area contributed by atoms with Gasteiger partial charge < -0.3 is 10.1 Å². The highest BCUT2D eigenvalue weighted by Gasteiger charge is 2.49. The molecule has 2 aromatic rings. The molecule has 1 fully saturated rings. The van der Waals surface area contributed by atoms with Crippen LogP contribution in [0.15, 0.2) is 42.5 Å². The van der Waals surface area contributed by atoms with Gasteiger partial charge in [0.05, 0.1) is 19.2 Å². The number of halogens is 2. The number of benzene rings is 2. The molecule has 3 rings (SSSR count). The van der Waals surface area contributed by atoms with Crippen LogP contribution < -0.4 is 5.32 Å². The number of hydrogen-bond acceptors (Lipinski definition) is 4. The Labute approximate surface area is 153 Å². The molecule has 140 valence electrons. The van der Waals surface area contributed by atoms with Gasteiger partial charge in [0.1, 0.15) is 5.54 Å². The molecule has 27 heavy (non-hydrogen) atoms. The lowest BCUT2D eigenvalue weighted by Gasteiger charge is -2.22. The van der Waals surface area contributed by atoms with Gasteiger partial charge in [-0.2, -0.15) is 0 Å². The van der Waals surface area contributed by atoms with Crippen LogP contribution in [-0.4, -0.2) is 29.9 Å². The average Bonchev–Trinajstić information content (AvgIpc) is 2.88. The molecule has 0 bridgehead atoms. The van der Waals surface area contributed by atoms with E-state index in [2.05, 4.69) is 10.1 Å². The highest BCUT2D eigenvalue weighted by atomic mass is 19.2. The highest BCUT2D eigenvalue weighted by molar-refractivity contribution is 6.07. The van der Waals surface area contributed by atoms with Crippen molar-refractivity contribution in [1.29, 1.82) is 0 Å². The number of methoxy groups -OCH3 is 1. The zero-order valence-corrected chi connectivity index (χ0v) is 14.6. The number of rotatable bonds is 4. The second-order valence-electron chi connectivity index (χ2n) is 6.26. The minimum absolute atomic E-state index is 0.0363. The van der Waals surface area contributed by atoms with Crippen LogP contribution in [0.1, 0.15) is 28.4 Å². The number of hydrogen-bond donors (Lipinski definition) is 1. The summed E-state index contributed by atoms with van der Waals surface area (Å²) in [6, 6.07) is 8.64. The second-order valence-corrected chi connectivity index (χ2v) is 6.26. The Balaban J connectivity index is 1.83. The molecule has 3 amide bonds. The van der Waals surface area contributed by atoms with Gasteiger partial charge >= 0.3 is 12.0 Å². The summed E-state index contributed by atoms with van der Waals surface area (Å²) < 4.78 is 31.3. The van der Waals surface area contributed by atoms with Crippen LogP contribution in [0.3, 0.4) is 0 Å². The SMILES string of the molecule is COC(=O)c1ccc(CN2C(=O)NC(C)(c3ccc(F)c(F)c3)C2=O)cc1. The molecule has 0 saturated carbocycles. The summed E-state index contributed by atoms with van der Waals surface area (Å²) in [6.45, 7) is 1.39. The van der Waals surface area contributed by atoms with Gasteiger partial charge in [-0.25, -0.2) is 18.4 Å². The Morgan fingerprint density at radius 2 is 1.78 bits per heavy atom. The molecule has 1 aliphatic heterocycles. The lowest BCUT2D eigenvalue weighted by atomic mass is 9.92. The van der Waals surface area contributed by atoms with Gasteiger partial charge in [0.2, 0.25) is 0 Å². The van der Waals surface area contributed by atoms with E-state index in [1.165, 1.54) is 32.2 Å². The first-order valence-electron chi connectivity index (χ1n) is 8.03. The van der Waals surface area contributed by atoms with Crippen molar-refractivity contribution in [3.63, 3.8) is 0 Å². The molecule has 8 heteroatoms. The maximum atomic E-state index is 13.6. The predicted octanol–water partition coefficient (Wildman–Crippen LogP) is 2.72. The van der Waals surface area contributed by atoms with Crippen molar-refractivity contribution in [1.82, 2.24) is 10.2 Å². The first-order valence-corrected chi connectivity index (χ1v) is 8.03. The van der Waals surface area contributed by atoms with Gasteiger partial charge in [0.15, 0.2) is 11.6 Å². The third-order valence-electron chi connectivity index (χ3n) is 4.49. The quantitative estimate of drug-likeness (QED) is 0.660.